The fourth-order valence-corrected chi connectivity index (χ4v) is 2.34. The van der Waals surface area contributed by atoms with E-state index in [0.717, 1.165) is 11.1 Å². The van der Waals surface area contributed by atoms with E-state index < -0.39 is 0 Å². The maximum absolute atomic E-state index is 6.04. The highest BCUT2D eigenvalue weighted by atomic mass is 35.5. The lowest BCUT2D eigenvalue weighted by atomic mass is 10.1. The van der Waals surface area contributed by atoms with Crippen molar-refractivity contribution in [3.8, 4) is 22.8 Å². The maximum Gasteiger partial charge on any atom is 0.237 e. The first-order chi connectivity index (χ1) is 11.7. The van der Waals surface area contributed by atoms with Gasteiger partial charge in [-0.05, 0) is 29.8 Å². The van der Waals surface area contributed by atoms with Crippen LogP contribution in [0, 0.1) is 0 Å². The van der Waals surface area contributed by atoms with Crippen LogP contribution in [0.25, 0.3) is 11.1 Å². The Morgan fingerprint density at radius 1 is 0.958 bits per heavy atom. The average Bonchev–Trinajstić information content (AvgIpc) is 2.63. The molecule has 0 saturated carbocycles. The Bertz CT molecular complexity index is 840. The third kappa shape index (κ3) is 3.38. The van der Waals surface area contributed by atoms with Crippen LogP contribution in [0.4, 0.5) is 11.6 Å². The lowest BCUT2D eigenvalue weighted by Gasteiger charge is -2.09. The molecule has 0 aliphatic rings. The summed E-state index contributed by atoms with van der Waals surface area (Å²) in [5, 5.41) is 3.64. The second kappa shape index (κ2) is 7.14. The van der Waals surface area contributed by atoms with E-state index in [1.54, 1.807) is 44.9 Å². The van der Waals surface area contributed by atoms with E-state index in [2.05, 4.69) is 20.3 Å². The number of nitrogens with one attached hydrogen (secondary N) is 1. The van der Waals surface area contributed by atoms with Gasteiger partial charge < -0.3 is 14.8 Å². The Morgan fingerprint density at radius 2 is 1.75 bits per heavy atom. The molecule has 0 atom stereocenters. The van der Waals surface area contributed by atoms with E-state index in [9.17, 15) is 0 Å². The number of rotatable bonds is 5. The summed E-state index contributed by atoms with van der Waals surface area (Å²) >= 11 is 6.04. The number of ether oxygens (including phenoxy) is 2. The zero-order valence-corrected chi connectivity index (χ0v) is 13.9. The number of hydrogen-bond donors (Lipinski definition) is 1. The Morgan fingerprint density at radius 3 is 2.46 bits per heavy atom. The number of nitrogens with zero attached hydrogens (tertiary/aromatic N) is 3. The number of halogens is 1. The summed E-state index contributed by atoms with van der Waals surface area (Å²) in [4.78, 5) is 12.8. The number of benzene rings is 1. The van der Waals surface area contributed by atoms with Crippen molar-refractivity contribution in [3.63, 3.8) is 0 Å². The zero-order valence-electron chi connectivity index (χ0n) is 13.2. The van der Waals surface area contributed by atoms with E-state index >= 15 is 0 Å². The van der Waals surface area contributed by atoms with Gasteiger partial charge in [-0.2, -0.15) is 0 Å². The molecule has 122 valence electrons. The second-order valence-electron chi connectivity index (χ2n) is 4.83. The summed E-state index contributed by atoms with van der Waals surface area (Å²) in [7, 11) is 3.14. The highest BCUT2D eigenvalue weighted by Crippen LogP contribution is 2.30. The fourth-order valence-electron chi connectivity index (χ4n) is 2.15. The molecule has 2 heterocycles. The number of anilines is 2. The molecule has 3 rings (SSSR count). The minimum atomic E-state index is 0.450. The smallest absolute Gasteiger partial charge is 0.237 e. The second-order valence-corrected chi connectivity index (χ2v) is 5.24. The quantitative estimate of drug-likeness (QED) is 0.757. The molecule has 0 fully saturated rings. The SMILES string of the molecule is COc1cc(-c2cnc(Nc3cccnc3OC)nc2)ccc1Cl. The summed E-state index contributed by atoms with van der Waals surface area (Å²) in [6.45, 7) is 0. The molecule has 6 nitrogen and oxygen atoms in total. The van der Waals surface area contributed by atoms with Crippen molar-refractivity contribution in [3.05, 3.63) is 53.9 Å². The Kier molecular flexibility index (Phi) is 4.77. The van der Waals surface area contributed by atoms with Crippen LogP contribution >= 0.6 is 11.6 Å². The topological polar surface area (TPSA) is 69.2 Å². The third-order valence-corrected chi connectivity index (χ3v) is 3.66. The Hall–Kier alpha value is -2.86. The molecule has 2 aromatic heterocycles. The molecule has 24 heavy (non-hydrogen) atoms. The van der Waals surface area contributed by atoms with E-state index in [1.807, 2.05) is 18.2 Å². The van der Waals surface area contributed by atoms with Gasteiger partial charge >= 0.3 is 0 Å². The lowest BCUT2D eigenvalue weighted by molar-refractivity contribution is 0.400. The van der Waals surface area contributed by atoms with E-state index in [-0.39, 0.29) is 0 Å². The molecule has 1 aromatic carbocycles. The molecule has 0 radical (unpaired) electrons. The molecular formula is C17H15ClN4O2. The number of hydrogen-bond acceptors (Lipinski definition) is 6. The van der Waals surface area contributed by atoms with Crippen LogP contribution in [0.2, 0.25) is 5.02 Å². The van der Waals surface area contributed by atoms with Crippen LogP contribution in [0.15, 0.2) is 48.9 Å². The summed E-state index contributed by atoms with van der Waals surface area (Å²) in [6.07, 6.45) is 5.10. The van der Waals surface area contributed by atoms with Crippen LogP contribution in [0.3, 0.4) is 0 Å². The number of pyridine rings is 1. The molecule has 0 aliphatic heterocycles. The highest BCUT2D eigenvalue weighted by molar-refractivity contribution is 6.32. The van der Waals surface area contributed by atoms with Crippen LogP contribution in [0.1, 0.15) is 0 Å². The fraction of sp³-hybridized carbons (Fsp3) is 0.118. The molecule has 3 aromatic rings. The van der Waals surface area contributed by atoms with Crippen LogP contribution in [-0.4, -0.2) is 29.2 Å². The molecule has 0 saturated heterocycles. The van der Waals surface area contributed by atoms with Crippen molar-refractivity contribution in [2.45, 2.75) is 0 Å². The van der Waals surface area contributed by atoms with Gasteiger partial charge in [-0.3, -0.25) is 0 Å². The lowest BCUT2D eigenvalue weighted by Crippen LogP contribution is -2.00. The van der Waals surface area contributed by atoms with E-state index in [0.29, 0.717) is 28.3 Å². The van der Waals surface area contributed by atoms with Crippen molar-refractivity contribution in [1.82, 2.24) is 15.0 Å². The van der Waals surface area contributed by atoms with E-state index in [1.165, 1.54) is 0 Å². The van der Waals surface area contributed by atoms with Crippen LogP contribution in [-0.2, 0) is 0 Å². The maximum atomic E-state index is 6.04. The predicted octanol–water partition coefficient (Wildman–Crippen LogP) is 3.95. The molecule has 0 bridgehead atoms. The summed E-state index contributed by atoms with van der Waals surface area (Å²) in [6, 6.07) is 9.16. The first-order valence-corrected chi connectivity index (χ1v) is 7.51. The van der Waals surface area contributed by atoms with Gasteiger partial charge in [0.25, 0.3) is 0 Å². The van der Waals surface area contributed by atoms with E-state index in [4.69, 9.17) is 21.1 Å². The molecule has 7 heteroatoms. The summed E-state index contributed by atoms with van der Waals surface area (Å²) in [5.41, 5.74) is 2.47. The minimum Gasteiger partial charge on any atom is -0.495 e. The van der Waals surface area contributed by atoms with Gasteiger partial charge in [0.05, 0.1) is 19.2 Å². The summed E-state index contributed by atoms with van der Waals surface area (Å²) < 4.78 is 10.4. The van der Waals surface area contributed by atoms with Gasteiger partial charge in [0, 0.05) is 24.2 Å². The van der Waals surface area contributed by atoms with Gasteiger partial charge in [0.2, 0.25) is 11.8 Å². The van der Waals surface area contributed by atoms with Crippen molar-refractivity contribution < 1.29 is 9.47 Å². The minimum absolute atomic E-state index is 0.450. The summed E-state index contributed by atoms with van der Waals surface area (Å²) in [5.74, 6) is 1.54. The highest BCUT2D eigenvalue weighted by Gasteiger charge is 2.07. The molecule has 1 N–H and O–H groups in total. The standard InChI is InChI=1S/C17H15ClN4O2/c1-23-15-8-11(5-6-13(15)18)12-9-20-17(21-10-12)22-14-4-3-7-19-16(14)24-2/h3-10H,1-2H3,(H,20,21,22). The molecular weight excluding hydrogens is 328 g/mol. The van der Waals surface area contributed by atoms with Gasteiger partial charge in [0.1, 0.15) is 11.4 Å². The molecule has 0 amide bonds. The van der Waals surface area contributed by atoms with Crippen LogP contribution < -0.4 is 14.8 Å². The molecule has 0 unspecified atom stereocenters. The predicted molar refractivity (Wildman–Crippen MR) is 93.1 cm³/mol. The average molecular weight is 343 g/mol. The van der Waals surface area contributed by atoms with Crippen LogP contribution in [0.5, 0.6) is 11.6 Å². The normalized spacial score (nSPS) is 10.3. The van der Waals surface area contributed by atoms with Gasteiger partial charge in [-0.15, -0.1) is 0 Å². The van der Waals surface area contributed by atoms with Crippen molar-refractivity contribution in [2.24, 2.45) is 0 Å². The number of methoxy groups -OCH3 is 2. The van der Waals surface area contributed by atoms with Crippen molar-refractivity contribution in [1.29, 1.82) is 0 Å². The van der Waals surface area contributed by atoms with Gasteiger partial charge in [-0.1, -0.05) is 17.7 Å². The molecule has 0 aliphatic carbocycles. The molecule has 0 spiro atoms. The third-order valence-electron chi connectivity index (χ3n) is 3.35. The van der Waals surface area contributed by atoms with Gasteiger partial charge in [-0.25, -0.2) is 15.0 Å². The first-order valence-electron chi connectivity index (χ1n) is 7.13. The largest absolute Gasteiger partial charge is 0.495 e. The van der Waals surface area contributed by atoms with Crippen molar-refractivity contribution >= 4 is 23.2 Å². The zero-order chi connectivity index (χ0) is 16.9. The first kappa shape index (κ1) is 16.0. The Balaban J connectivity index is 1.83. The van der Waals surface area contributed by atoms with Crippen molar-refractivity contribution in [2.75, 3.05) is 19.5 Å². The monoisotopic (exact) mass is 342 g/mol. The Labute approximate surface area is 144 Å². The van der Waals surface area contributed by atoms with Gasteiger partial charge in [0.15, 0.2) is 0 Å². The number of aromatic nitrogens is 3.